The van der Waals surface area contributed by atoms with Gasteiger partial charge in [0, 0.05) is 10.6 Å². The van der Waals surface area contributed by atoms with Crippen molar-refractivity contribution in [3.8, 4) is 17.4 Å². The van der Waals surface area contributed by atoms with E-state index < -0.39 is 0 Å². The summed E-state index contributed by atoms with van der Waals surface area (Å²) in [7, 11) is 0. The van der Waals surface area contributed by atoms with Crippen LogP contribution in [0.1, 0.15) is 5.56 Å². The van der Waals surface area contributed by atoms with Crippen LogP contribution in [0.5, 0.6) is 0 Å². The molecule has 0 bridgehead atoms. The summed E-state index contributed by atoms with van der Waals surface area (Å²) in [6, 6.07) is 16.1. The van der Waals surface area contributed by atoms with Crippen LogP contribution in [0.2, 0.25) is 5.02 Å². The molecule has 3 aromatic rings. The predicted octanol–water partition coefficient (Wildman–Crippen LogP) is 4.60. The Morgan fingerprint density at radius 1 is 1.24 bits per heavy atom. The number of nitrogens with zero attached hydrogens (tertiary/aromatic N) is 2. The summed E-state index contributed by atoms with van der Waals surface area (Å²) >= 11 is 7.04. The molecule has 25 heavy (non-hydrogen) atoms. The Labute approximate surface area is 153 Å². The van der Waals surface area contributed by atoms with E-state index in [2.05, 4.69) is 10.3 Å². The number of hydrogen-bond acceptors (Lipinski definition) is 5. The number of carbonyl (C=O) groups is 1. The molecule has 1 N–H and O–H groups in total. The Hall–Kier alpha value is -2.75. The normalized spacial score (nSPS) is 10.2. The lowest BCUT2D eigenvalue weighted by atomic mass is 10.2. The second-order valence-corrected chi connectivity index (χ2v) is 6.35. The second-order valence-electron chi connectivity index (χ2n) is 4.99. The summed E-state index contributed by atoms with van der Waals surface area (Å²) in [5.74, 6) is 0.494. The van der Waals surface area contributed by atoms with E-state index in [4.69, 9.17) is 21.3 Å². The van der Waals surface area contributed by atoms with Crippen molar-refractivity contribution in [3.05, 3.63) is 65.3 Å². The molecule has 1 heterocycles. The fourth-order valence-electron chi connectivity index (χ4n) is 2.08. The van der Waals surface area contributed by atoms with Gasteiger partial charge in [0.2, 0.25) is 5.91 Å². The summed E-state index contributed by atoms with van der Waals surface area (Å²) in [6.45, 7) is 0. The first-order chi connectivity index (χ1) is 12.2. The lowest BCUT2D eigenvalue weighted by Crippen LogP contribution is -2.14. The van der Waals surface area contributed by atoms with Crippen LogP contribution in [-0.4, -0.2) is 16.6 Å². The third-order valence-corrected chi connectivity index (χ3v) is 4.36. The Morgan fingerprint density at radius 3 is 2.76 bits per heavy atom. The molecule has 5 nitrogen and oxygen atoms in total. The highest BCUT2D eigenvalue weighted by atomic mass is 35.5. The van der Waals surface area contributed by atoms with Crippen LogP contribution < -0.4 is 5.32 Å². The summed E-state index contributed by atoms with van der Waals surface area (Å²) in [5.41, 5.74) is 1.77. The first kappa shape index (κ1) is 17.1. The summed E-state index contributed by atoms with van der Waals surface area (Å²) < 4.78 is 5.63. The van der Waals surface area contributed by atoms with Crippen molar-refractivity contribution in [2.75, 3.05) is 11.1 Å². The van der Waals surface area contributed by atoms with Gasteiger partial charge < -0.3 is 9.73 Å². The SMILES string of the molecule is N#Cc1ccccc1NC(=O)CSc1ncc(-c2ccc(Cl)cc2)o1. The molecule has 0 saturated carbocycles. The van der Waals surface area contributed by atoms with E-state index in [9.17, 15) is 4.79 Å². The van der Waals surface area contributed by atoms with Gasteiger partial charge in [-0.25, -0.2) is 4.98 Å². The van der Waals surface area contributed by atoms with E-state index in [-0.39, 0.29) is 11.7 Å². The van der Waals surface area contributed by atoms with Gasteiger partial charge in [0.05, 0.1) is 23.2 Å². The third-order valence-electron chi connectivity index (χ3n) is 3.26. The monoisotopic (exact) mass is 369 g/mol. The standard InChI is InChI=1S/C18H12ClN3O2S/c19-14-7-5-12(6-8-14)16-10-21-18(24-16)25-11-17(23)22-15-4-2-1-3-13(15)9-20/h1-8,10H,11H2,(H,22,23). The third kappa shape index (κ3) is 4.41. The van der Waals surface area contributed by atoms with Gasteiger partial charge in [-0.3, -0.25) is 4.79 Å². The molecule has 0 fully saturated rings. The average molecular weight is 370 g/mol. The van der Waals surface area contributed by atoms with Gasteiger partial charge in [-0.05, 0) is 36.4 Å². The van der Waals surface area contributed by atoms with Gasteiger partial charge in [-0.15, -0.1) is 0 Å². The molecule has 0 radical (unpaired) electrons. The molecule has 3 rings (SSSR count). The number of benzene rings is 2. The van der Waals surface area contributed by atoms with Crippen molar-refractivity contribution >= 4 is 35.0 Å². The quantitative estimate of drug-likeness (QED) is 0.665. The highest BCUT2D eigenvalue weighted by Crippen LogP contribution is 2.26. The maximum Gasteiger partial charge on any atom is 0.256 e. The van der Waals surface area contributed by atoms with Crippen LogP contribution in [0.25, 0.3) is 11.3 Å². The number of anilines is 1. The molecule has 0 saturated heterocycles. The number of hydrogen-bond donors (Lipinski definition) is 1. The summed E-state index contributed by atoms with van der Waals surface area (Å²) in [5, 5.41) is 12.8. The van der Waals surface area contributed by atoms with Crippen LogP contribution in [-0.2, 0) is 4.79 Å². The van der Waals surface area contributed by atoms with Gasteiger partial charge in [0.15, 0.2) is 5.76 Å². The Bertz CT molecular complexity index is 932. The number of halogens is 1. The molecule has 0 aliphatic carbocycles. The first-order valence-electron chi connectivity index (χ1n) is 7.29. The lowest BCUT2D eigenvalue weighted by Gasteiger charge is -2.05. The molecule has 1 aromatic heterocycles. The molecule has 0 aliphatic heterocycles. The molecule has 1 amide bonds. The number of nitrogens with one attached hydrogen (secondary N) is 1. The minimum Gasteiger partial charge on any atom is -0.431 e. The zero-order chi connectivity index (χ0) is 17.6. The second kappa shape index (κ2) is 7.88. The predicted molar refractivity (Wildman–Crippen MR) is 97.5 cm³/mol. The van der Waals surface area contributed by atoms with Crippen LogP contribution >= 0.6 is 23.4 Å². The van der Waals surface area contributed by atoms with Crippen molar-refractivity contribution in [1.82, 2.24) is 4.98 Å². The minimum atomic E-state index is -0.237. The molecule has 0 unspecified atom stereocenters. The number of nitriles is 1. The largest absolute Gasteiger partial charge is 0.431 e. The zero-order valence-corrected chi connectivity index (χ0v) is 14.5. The number of oxazole rings is 1. The molecule has 2 aromatic carbocycles. The number of para-hydroxylation sites is 1. The smallest absolute Gasteiger partial charge is 0.256 e. The van der Waals surface area contributed by atoms with E-state index >= 15 is 0 Å². The van der Waals surface area contributed by atoms with Crippen LogP contribution in [0.15, 0.2) is 64.4 Å². The minimum absolute atomic E-state index is 0.125. The van der Waals surface area contributed by atoms with Crippen LogP contribution in [0, 0.1) is 11.3 Å². The van der Waals surface area contributed by atoms with Gasteiger partial charge in [0.25, 0.3) is 5.22 Å². The van der Waals surface area contributed by atoms with E-state index in [1.54, 1.807) is 42.6 Å². The molecule has 0 atom stereocenters. The maximum absolute atomic E-state index is 12.0. The molecule has 0 aliphatic rings. The van der Waals surface area contributed by atoms with E-state index in [1.807, 2.05) is 18.2 Å². The topological polar surface area (TPSA) is 78.9 Å². The number of thioether (sulfide) groups is 1. The van der Waals surface area contributed by atoms with Crippen molar-refractivity contribution in [2.24, 2.45) is 0 Å². The van der Waals surface area contributed by atoms with E-state index in [1.165, 1.54) is 11.8 Å². The van der Waals surface area contributed by atoms with Crippen molar-refractivity contribution in [1.29, 1.82) is 5.26 Å². The van der Waals surface area contributed by atoms with E-state index in [0.717, 1.165) is 5.56 Å². The van der Waals surface area contributed by atoms with Gasteiger partial charge >= 0.3 is 0 Å². The Balaban J connectivity index is 1.59. The number of rotatable bonds is 5. The van der Waals surface area contributed by atoms with E-state index in [0.29, 0.717) is 27.3 Å². The Morgan fingerprint density at radius 2 is 2.00 bits per heavy atom. The Kier molecular flexibility index (Phi) is 5.39. The fourth-order valence-corrected chi connectivity index (χ4v) is 2.80. The van der Waals surface area contributed by atoms with Crippen LogP contribution in [0.4, 0.5) is 5.69 Å². The number of aromatic nitrogens is 1. The molecular weight excluding hydrogens is 358 g/mol. The van der Waals surface area contributed by atoms with Gasteiger partial charge in [-0.2, -0.15) is 5.26 Å². The lowest BCUT2D eigenvalue weighted by molar-refractivity contribution is -0.113. The van der Waals surface area contributed by atoms with Gasteiger partial charge in [0.1, 0.15) is 6.07 Å². The molecule has 7 heteroatoms. The van der Waals surface area contributed by atoms with Crippen LogP contribution in [0.3, 0.4) is 0 Å². The molecular formula is C18H12ClN3O2S. The maximum atomic E-state index is 12.0. The van der Waals surface area contributed by atoms with Crippen molar-refractivity contribution < 1.29 is 9.21 Å². The van der Waals surface area contributed by atoms with Gasteiger partial charge in [-0.1, -0.05) is 35.5 Å². The summed E-state index contributed by atoms with van der Waals surface area (Å²) in [6.07, 6.45) is 1.61. The summed E-state index contributed by atoms with van der Waals surface area (Å²) in [4.78, 5) is 16.2. The average Bonchev–Trinajstić information content (AvgIpc) is 3.10. The highest BCUT2D eigenvalue weighted by molar-refractivity contribution is 7.99. The molecule has 0 spiro atoms. The highest BCUT2D eigenvalue weighted by Gasteiger charge is 2.11. The first-order valence-corrected chi connectivity index (χ1v) is 8.65. The van der Waals surface area contributed by atoms with Crippen molar-refractivity contribution in [3.63, 3.8) is 0 Å². The number of carbonyl (C=O) groups excluding carboxylic acids is 1. The number of amides is 1. The fraction of sp³-hybridized carbons (Fsp3) is 0.0556. The zero-order valence-electron chi connectivity index (χ0n) is 12.9. The molecule has 124 valence electrons. The van der Waals surface area contributed by atoms with Crippen molar-refractivity contribution in [2.45, 2.75) is 5.22 Å².